The van der Waals surface area contributed by atoms with Gasteiger partial charge >= 0.3 is 0 Å². The Labute approximate surface area is 193 Å². The molecule has 1 N–H and O–H groups in total. The number of hydrogen-bond donors (Lipinski definition) is 1. The Morgan fingerprint density at radius 3 is 2.64 bits per heavy atom. The molecule has 1 saturated carbocycles. The zero-order valence-electron chi connectivity index (χ0n) is 19.5. The van der Waals surface area contributed by atoms with E-state index in [1.807, 2.05) is 32.2 Å². The average Bonchev–Trinajstić information content (AvgIpc) is 3.65. The molecule has 3 heterocycles. The molecule has 174 valence electrons. The number of morpholine rings is 1. The smallest absolute Gasteiger partial charge is 0.252 e. The lowest BCUT2D eigenvalue weighted by Gasteiger charge is -2.35. The van der Waals surface area contributed by atoms with Crippen molar-refractivity contribution in [1.29, 1.82) is 0 Å². The van der Waals surface area contributed by atoms with E-state index in [0.717, 1.165) is 59.7 Å². The standard InChI is InChI=1S/C25H31N5O3/c1-16-23-20(14-21(17-4-5-17)27-24(23)29(2)28-16)25(31)26-15-22(30-10-12-33-13-11-30)18-6-8-19(32-3)9-7-18/h6-9,14,17,22H,4-5,10-13,15H2,1-3H3,(H,26,31)/t22-/m1/s1. The quantitative estimate of drug-likeness (QED) is 0.597. The second-order valence-electron chi connectivity index (χ2n) is 8.92. The van der Waals surface area contributed by atoms with E-state index in [9.17, 15) is 4.79 Å². The van der Waals surface area contributed by atoms with Gasteiger partial charge in [0.1, 0.15) is 5.75 Å². The molecule has 1 saturated heterocycles. The number of carbonyl (C=O) groups excluding carboxylic acids is 1. The van der Waals surface area contributed by atoms with Crippen LogP contribution < -0.4 is 10.1 Å². The molecule has 2 aliphatic rings. The van der Waals surface area contributed by atoms with E-state index >= 15 is 0 Å². The third kappa shape index (κ3) is 4.45. The average molecular weight is 450 g/mol. The Morgan fingerprint density at radius 1 is 1.24 bits per heavy atom. The van der Waals surface area contributed by atoms with Gasteiger partial charge in [-0.2, -0.15) is 5.10 Å². The zero-order chi connectivity index (χ0) is 22.9. The molecule has 1 aliphatic heterocycles. The maximum atomic E-state index is 13.5. The van der Waals surface area contributed by atoms with E-state index in [1.165, 1.54) is 0 Å². The van der Waals surface area contributed by atoms with Gasteiger partial charge in [-0.3, -0.25) is 14.4 Å². The van der Waals surface area contributed by atoms with Crippen molar-refractivity contribution < 1.29 is 14.3 Å². The van der Waals surface area contributed by atoms with Crippen molar-refractivity contribution in [3.05, 3.63) is 52.8 Å². The van der Waals surface area contributed by atoms with Gasteiger partial charge < -0.3 is 14.8 Å². The maximum absolute atomic E-state index is 13.5. The van der Waals surface area contributed by atoms with Crippen molar-refractivity contribution in [1.82, 2.24) is 25.0 Å². The van der Waals surface area contributed by atoms with Gasteiger partial charge in [-0.1, -0.05) is 12.1 Å². The van der Waals surface area contributed by atoms with E-state index in [0.29, 0.717) is 31.2 Å². The van der Waals surface area contributed by atoms with Crippen LogP contribution in [0.1, 0.15) is 52.1 Å². The van der Waals surface area contributed by atoms with Crippen LogP contribution in [0.2, 0.25) is 0 Å². The van der Waals surface area contributed by atoms with Crippen LogP contribution in [0.4, 0.5) is 0 Å². The first kappa shape index (κ1) is 21.9. The van der Waals surface area contributed by atoms with E-state index in [2.05, 4.69) is 27.4 Å². The molecule has 0 bridgehead atoms. The van der Waals surface area contributed by atoms with E-state index in [-0.39, 0.29) is 11.9 Å². The van der Waals surface area contributed by atoms with Crippen molar-refractivity contribution in [2.45, 2.75) is 31.7 Å². The van der Waals surface area contributed by atoms with Gasteiger partial charge in [0.25, 0.3) is 5.91 Å². The number of carbonyl (C=O) groups is 1. The van der Waals surface area contributed by atoms with Crippen LogP contribution in [0.15, 0.2) is 30.3 Å². The molecule has 1 atom stereocenters. The molecule has 1 aliphatic carbocycles. The fraction of sp³-hybridized carbons (Fsp3) is 0.480. The highest BCUT2D eigenvalue weighted by molar-refractivity contribution is 6.06. The van der Waals surface area contributed by atoms with E-state index < -0.39 is 0 Å². The minimum Gasteiger partial charge on any atom is -0.497 e. The fourth-order valence-electron chi connectivity index (χ4n) is 4.69. The predicted molar refractivity (Wildman–Crippen MR) is 126 cm³/mol. The Hall–Kier alpha value is -2.97. The van der Waals surface area contributed by atoms with Gasteiger partial charge in [-0.15, -0.1) is 0 Å². The van der Waals surface area contributed by atoms with Crippen molar-refractivity contribution in [2.24, 2.45) is 7.05 Å². The molecule has 0 unspecified atom stereocenters. The Kier molecular flexibility index (Phi) is 6.03. The number of methoxy groups -OCH3 is 1. The minimum atomic E-state index is -0.0767. The maximum Gasteiger partial charge on any atom is 0.252 e. The number of aryl methyl sites for hydroxylation is 2. The van der Waals surface area contributed by atoms with Gasteiger partial charge in [-0.05, 0) is 43.5 Å². The number of ether oxygens (including phenoxy) is 2. The van der Waals surface area contributed by atoms with Crippen molar-refractivity contribution in [3.8, 4) is 5.75 Å². The van der Waals surface area contributed by atoms with Crippen LogP contribution in [0.5, 0.6) is 5.75 Å². The third-order valence-electron chi connectivity index (χ3n) is 6.67. The highest BCUT2D eigenvalue weighted by atomic mass is 16.5. The number of pyridine rings is 1. The highest BCUT2D eigenvalue weighted by Gasteiger charge is 2.29. The van der Waals surface area contributed by atoms with Crippen LogP contribution in [-0.2, 0) is 11.8 Å². The Balaban J connectivity index is 1.42. The first-order valence-corrected chi connectivity index (χ1v) is 11.6. The van der Waals surface area contributed by atoms with Crippen LogP contribution >= 0.6 is 0 Å². The number of amides is 1. The lowest BCUT2D eigenvalue weighted by Crippen LogP contribution is -2.43. The molecule has 2 fully saturated rings. The summed E-state index contributed by atoms with van der Waals surface area (Å²) in [4.78, 5) is 20.7. The molecule has 2 aromatic heterocycles. The molecule has 1 amide bonds. The normalized spacial score (nSPS) is 17.8. The summed E-state index contributed by atoms with van der Waals surface area (Å²) < 4.78 is 12.7. The van der Waals surface area contributed by atoms with Gasteiger partial charge in [0.2, 0.25) is 0 Å². The summed E-state index contributed by atoms with van der Waals surface area (Å²) >= 11 is 0. The molecule has 3 aromatic rings. The van der Waals surface area contributed by atoms with Gasteiger partial charge in [0.05, 0.1) is 43.0 Å². The van der Waals surface area contributed by atoms with Crippen LogP contribution in [0, 0.1) is 6.92 Å². The second-order valence-corrected chi connectivity index (χ2v) is 8.92. The van der Waals surface area contributed by atoms with Gasteiger partial charge in [0.15, 0.2) is 5.65 Å². The largest absolute Gasteiger partial charge is 0.497 e. The van der Waals surface area contributed by atoms with E-state index in [1.54, 1.807) is 11.8 Å². The summed E-state index contributed by atoms with van der Waals surface area (Å²) in [5.74, 6) is 1.20. The number of fused-ring (bicyclic) bond motifs is 1. The summed E-state index contributed by atoms with van der Waals surface area (Å²) in [6, 6.07) is 10.1. The number of hydrogen-bond acceptors (Lipinski definition) is 6. The minimum absolute atomic E-state index is 0.0546. The topological polar surface area (TPSA) is 81.5 Å². The van der Waals surface area contributed by atoms with Crippen LogP contribution in [-0.4, -0.2) is 65.5 Å². The Bertz CT molecular complexity index is 1150. The first-order valence-electron chi connectivity index (χ1n) is 11.6. The van der Waals surface area contributed by atoms with Crippen molar-refractivity contribution in [3.63, 3.8) is 0 Å². The molecular formula is C25H31N5O3. The number of nitrogens with zero attached hydrogens (tertiary/aromatic N) is 4. The second kappa shape index (κ2) is 9.11. The number of benzene rings is 1. The first-order chi connectivity index (χ1) is 16.0. The number of aromatic nitrogens is 3. The lowest BCUT2D eigenvalue weighted by atomic mass is 10.0. The summed E-state index contributed by atoms with van der Waals surface area (Å²) in [6.07, 6.45) is 2.26. The van der Waals surface area contributed by atoms with Gasteiger partial charge in [0, 0.05) is 38.3 Å². The summed E-state index contributed by atoms with van der Waals surface area (Å²) in [5, 5.41) is 8.59. The summed E-state index contributed by atoms with van der Waals surface area (Å²) in [7, 11) is 3.55. The molecule has 0 spiro atoms. The summed E-state index contributed by atoms with van der Waals surface area (Å²) in [6.45, 7) is 5.51. The molecular weight excluding hydrogens is 418 g/mol. The molecule has 1 aromatic carbocycles. The van der Waals surface area contributed by atoms with Crippen LogP contribution in [0.25, 0.3) is 11.0 Å². The van der Waals surface area contributed by atoms with Crippen LogP contribution in [0.3, 0.4) is 0 Å². The van der Waals surface area contributed by atoms with Crippen molar-refractivity contribution >= 4 is 16.9 Å². The highest BCUT2D eigenvalue weighted by Crippen LogP contribution is 2.40. The lowest BCUT2D eigenvalue weighted by molar-refractivity contribution is 0.0162. The molecule has 8 heteroatoms. The third-order valence-corrected chi connectivity index (χ3v) is 6.67. The summed E-state index contributed by atoms with van der Waals surface area (Å²) in [5.41, 5.74) is 4.42. The molecule has 5 rings (SSSR count). The van der Waals surface area contributed by atoms with Crippen molar-refractivity contribution in [2.75, 3.05) is 40.0 Å². The monoisotopic (exact) mass is 449 g/mol. The SMILES string of the molecule is COc1ccc([C@@H](CNC(=O)c2cc(C3CC3)nc3c2c(C)nn3C)N2CCOCC2)cc1. The molecule has 0 radical (unpaired) electrons. The molecule has 8 nitrogen and oxygen atoms in total. The molecule has 33 heavy (non-hydrogen) atoms. The number of rotatable bonds is 7. The predicted octanol–water partition coefficient (Wildman–Crippen LogP) is 2.97. The number of nitrogens with one attached hydrogen (secondary N) is 1. The zero-order valence-corrected chi connectivity index (χ0v) is 19.5. The Morgan fingerprint density at radius 2 is 1.97 bits per heavy atom. The van der Waals surface area contributed by atoms with E-state index in [4.69, 9.17) is 14.5 Å². The van der Waals surface area contributed by atoms with Gasteiger partial charge in [-0.25, -0.2) is 4.98 Å². The fourth-order valence-corrected chi connectivity index (χ4v) is 4.69.